The highest BCUT2D eigenvalue weighted by Gasteiger charge is 2.43. The van der Waals surface area contributed by atoms with Crippen molar-refractivity contribution in [3.05, 3.63) is 15.6 Å². The van der Waals surface area contributed by atoms with E-state index in [1.54, 1.807) is 4.88 Å². The van der Waals surface area contributed by atoms with E-state index in [0.717, 1.165) is 5.92 Å². The van der Waals surface area contributed by atoms with Gasteiger partial charge in [-0.05, 0) is 45.1 Å². The Labute approximate surface area is 114 Å². The van der Waals surface area contributed by atoms with Crippen molar-refractivity contribution in [1.29, 1.82) is 0 Å². The summed E-state index contributed by atoms with van der Waals surface area (Å²) in [5, 5.41) is 5.06. The molecule has 1 fully saturated rings. The van der Waals surface area contributed by atoms with Gasteiger partial charge in [-0.1, -0.05) is 26.2 Å². The van der Waals surface area contributed by atoms with Gasteiger partial charge in [-0.3, -0.25) is 0 Å². The van der Waals surface area contributed by atoms with Crippen molar-refractivity contribution in [3.8, 4) is 0 Å². The lowest BCUT2D eigenvalue weighted by Gasteiger charge is -2.42. The summed E-state index contributed by atoms with van der Waals surface area (Å²) in [6.07, 6.45) is 10.4. The number of nitrogens with zero attached hydrogens (tertiary/aromatic N) is 1. The molecule has 0 aromatic carbocycles. The number of hydrogen-bond donors (Lipinski definition) is 1. The third-order valence-electron chi connectivity index (χ3n) is 4.99. The van der Waals surface area contributed by atoms with Gasteiger partial charge in [0.15, 0.2) is 0 Å². The number of aryl methyl sites for hydroxylation is 2. The number of nitrogens with one attached hydrogen (secondary N) is 1. The molecule has 0 amide bonds. The largest absolute Gasteiger partial charge is 0.308 e. The molecular weight excluding hydrogens is 240 g/mol. The van der Waals surface area contributed by atoms with E-state index in [1.165, 1.54) is 62.1 Å². The molecule has 0 saturated heterocycles. The van der Waals surface area contributed by atoms with Crippen LogP contribution >= 0.6 is 11.3 Å². The summed E-state index contributed by atoms with van der Waals surface area (Å²) in [5.74, 6) is 0.766. The van der Waals surface area contributed by atoms with Crippen molar-refractivity contribution in [2.75, 3.05) is 7.05 Å². The molecule has 2 aliphatic rings. The van der Waals surface area contributed by atoms with E-state index < -0.39 is 0 Å². The minimum Gasteiger partial charge on any atom is -0.308 e. The van der Waals surface area contributed by atoms with Gasteiger partial charge in [0.1, 0.15) is 5.01 Å². The first-order chi connectivity index (χ1) is 8.80. The Hall–Kier alpha value is -0.410. The first-order valence-corrected chi connectivity index (χ1v) is 8.29. The van der Waals surface area contributed by atoms with Gasteiger partial charge in [0.25, 0.3) is 0 Å². The maximum atomic E-state index is 5.01. The topological polar surface area (TPSA) is 24.9 Å². The van der Waals surface area contributed by atoms with Crippen molar-refractivity contribution in [2.45, 2.75) is 63.8 Å². The molecule has 3 rings (SSSR count). The van der Waals surface area contributed by atoms with Gasteiger partial charge in [0.2, 0.25) is 0 Å². The Kier molecular flexibility index (Phi) is 3.46. The van der Waals surface area contributed by atoms with Crippen LogP contribution in [-0.2, 0) is 18.4 Å². The molecule has 0 bridgehead atoms. The zero-order valence-corrected chi connectivity index (χ0v) is 12.4. The van der Waals surface area contributed by atoms with Crippen molar-refractivity contribution in [1.82, 2.24) is 10.3 Å². The number of aromatic nitrogens is 1. The van der Waals surface area contributed by atoms with E-state index >= 15 is 0 Å². The summed E-state index contributed by atoms with van der Waals surface area (Å²) in [7, 11) is 2.14. The molecule has 2 atom stereocenters. The van der Waals surface area contributed by atoms with Gasteiger partial charge in [0.05, 0.1) is 11.2 Å². The smallest absolute Gasteiger partial charge is 0.114 e. The maximum Gasteiger partial charge on any atom is 0.114 e. The lowest BCUT2D eigenvalue weighted by Crippen LogP contribution is -2.48. The van der Waals surface area contributed by atoms with Gasteiger partial charge in [0, 0.05) is 4.88 Å². The van der Waals surface area contributed by atoms with Gasteiger partial charge in [-0.2, -0.15) is 0 Å². The Balaban J connectivity index is 1.98. The molecule has 0 spiro atoms. The Morgan fingerprint density at radius 2 is 2.22 bits per heavy atom. The van der Waals surface area contributed by atoms with Gasteiger partial charge in [-0.25, -0.2) is 4.98 Å². The van der Waals surface area contributed by atoms with Crippen LogP contribution in [0.25, 0.3) is 0 Å². The van der Waals surface area contributed by atoms with Crippen LogP contribution in [0.15, 0.2) is 0 Å². The minimum absolute atomic E-state index is 0.183. The predicted molar refractivity (Wildman–Crippen MR) is 77.1 cm³/mol. The highest BCUT2D eigenvalue weighted by Crippen LogP contribution is 2.45. The maximum absolute atomic E-state index is 5.01. The minimum atomic E-state index is 0.183. The van der Waals surface area contributed by atoms with Crippen LogP contribution in [0.4, 0.5) is 0 Å². The fourth-order valence-corrected chi connectivity index (χ4v) is 5.35. The normalized spacial score (nSPS) is 31.6. The van der Waals surface area contributed by atoms with Gasteiger partial charge >= 0.3 is 0 Å². The standard InChI is InChI=1S/C15H24N2S/c1-3-11-7-4-5-10-15(11,16-2)14-17-12-8-6-9-13(12)18-14/h11,16H,3-10H2,1-2H3. The molecule has 1 N–H and O–H groups in total. The molecule has 3 heteroatoms. The number of thiazole rings is 1. The SMILES string of the molecule is CCC1CCCCC1(NC)c1nc2c(s1)CCC2. The highest BCUT2D eigenvalue weighted by atomic mass is 32.1. The van der Waals surface area contributed by atoms with Gasteiger partial charge < -0.3 is 5.32 Å². The molecule has 100 valence electrons. The second-order valence-electron chi connectivity index (χ2n) is 5.81. The third kappa shape index (κ3) is 1.83. The van der Waals surface area contributed by atoms with E-state index in [9.17, 15) is 0 Å². The molecule has 1 saturated carbocycles. The van der Waals surface area contributed by atoms with Crippen LogP contribution < -0.4 is 5.32 Å². The fraction of sp³-hybridized carbons (Fsp3) is 0.800. The molecule has 18 heavy (non-hydrogen) atoms. The van der Waals surface area contributed by atoms with Crippen molar-refractivity contribution in [3.63, 3.8) is 0 Å². The van der Waals surface area contributed by atoms with E-state index in [-0.39, 0.29) is 5.54 Å². The first-order valence-electron chi connectivity index (χ1n) is 7.48. The average Bonchev–Trinajstić information content (AvgIpc) is 2.99. The molecule has 0 radical (unpaired) electrons. The zero-order valence-electron chi connectivity index (χ0n) is 11.6. The molecule has 1 aromatic heterocycles. The number of rotatable bonds is 3. The molecule has 2 nitrogen and oxygen atoms in total. The zero-order chi connectivity index (χ0) is 12.6. The van der Waals surface area contributed by atoms with E-state index in [0.29, 0.717) is 0 Å². The Morgan fingerprint density at radius 3 is 2.94 bits per heavy atom. The summed E-state index contributed by atoms with van der Waals surface area (Å²) in [6, 6.07) is 0. The lowest BCUT2D eigenvalue weighted by atomic mass is 9.72. The Morgan fingerprint density at radius 1 is 1.33 bits per heavy atom. The van der Waals surface area contributed by atoms with E-state index in [2.05, 4.69) is 19.3 Å². The van der Waals surface area contributed by atoms with Crippen molar-refractivity contribution in [2.24, 2.45) is 5.92 Å². The van der Waals surface area contributed by atoms with Crippen LogP contribution in [-0.4, -0.2) is 12.0 Å². The van der Waals surface area contributed by atoms with Crippen LogP contribution in [0, 0.1) is 5.92 Å². The van der Waals surface area contributed by atoms with Crippen LogP contribution in [0.1, 0.15) is 61.0 Å². The molecule has 1 heterocycles. The summed E-state index contributed by atoms with van der Waals surface area (Å²) in [6.45, 7) is 2.34. The fourth-order valence-electron chi connectivity index (χ4n) is 3.90. The summed E-state index contributed by atoms with van der Waals surface area (Å²) < 4.78 is 0. The second-order valence-corrected chi connectivity index (χ2v) is 6.90. The predicted octanol–water partition coefficient (Wildman–Crippen LogP) is 3.65. The third-order valence-corrected chi connectivity index (χ3v) is 6.32. The summed E-state index contributed by atoms with van der Waals surface area (Å²) in [5.41, 5.74) is 1.59. The molecule has 0 aliphatic heterocycles. The van der Waals surface area contributed by atoms with Crippen LogP contribution in [0.5, 0.6) is 0 Å². The first kappa shape index (κ1) is 12.6. The summed E-state index contributed by atoms with van der Waals surface area (Å²) >= 11 is 2.00. The van der Waals surface area contributed by atoms with E-state index in [4.69, 9.17) is 4.98 Å². The monoisotopic (exact) mass is 264 g/mol. The van der Waals surface area contributed by atoms with Crippen LogP contribution in [0.2, 0.25) is 0 Å². The number of fused-ring (bicyclic) bond motifs is 1. The Bertz CT molecular complexity index is 405. The average molecular weight is 264 g/mol. The molecule has 1 aromatic rings. The quantitative estimate of drug-likeness (QED) is 0.901. The van der Waals surface area contributed by atoms with E-state index in [1.807, 2.05) is 11.3 Å². The molecule has 2 aliphatic carbocycles. The van der Waals surface area contributed by atoms with Crippen molar-refractivity contribution < 1.29 is 0 Å². The lowest BCUT2D eigenvalue weighted by molar-refractivity contribution is 0.145. The van der Waals surface area contributed by atoms with Crippen molar-refractivity contribution >= 4 is 11.3 Å². The van der Waals surface area contributed by atoms with Crippen LogP contribution in [0.3, 0.4) is 0 Å². The molecular formula is C15H24N2S. The summed E-state index contributed by atoms with van der Waals surface area (Å²) in [4.78, 5) is 6.58. The molecule has 2 unspecified atom stereocenters. The number of hydrogen-bond acceptors (Lipinski definition) is 3. The second kappa shape index (κ2) is 4.93. The highest BCUT2D eigenvalue weighted by molar-refractivity contribution is 7.12. The van der Waals surface area contributed by atoms with Gasteiger partial charge in [-0.15, -0.1) is 11.3 Å².